The van der Waals surface area contributed by atoms with Crippen molar-refractivity contribution in [3.05, 3.63) is 0 Å². The van der Waals surface area contributed by atoms with Gasteiger partial charge in [0.05, 0.1) is 13.2 Å². The Balaban J connectivity index is 3.13. The molecule has 0 saturated heterocycles. The molecule has 0 fully saturated rings. The first kappa shape index (κ1) is 10.9. The topological polar surface area (TPSA) is 61.3 Å². The predicted octanol–water partition coefficient (Wildman–Crippen LogP) is 0.478. The molecule has 0 aromatic carbocycles. The molecule has 0 heterocycles. The summed E-state index contributed by atoms with van der Waals surface area (Å²) in [5, 5.41) is 0. The summed E-state index contributed by atoms with van der Waals surface area (Å²) in [4.78, 5) is 0. The Labute approximate surface area is 69.1 Å². The Morgan fingerprint density at radius 2 is 1.36 bits per heavy atom. The van der Waals surface area contributed by atoms with Gasteiger partial charge in [0.15, 0.2) is 0 Å². The van der Waals surface area contributed by atoms with Crippen molar-refractivity contribution in [2.45, 2.75) is 38.8 Å². The second-order valence-corrected chi connectivity index (χ2v) is 2.87. The maximum atomic E-state index is 5.63. The van der Waals surface area contributed by atoms with Gasteiger partial charge in [0.2, 0.25) is 0 Å². The second kappa shape index (κ2) is 6.58. The summed E-state index contributed by atoms with van der Waals surface area (Å²) in [5.74, 6) is 0. The quantitative estimate of drug-likeness (QED) is 0.594. The Kier molecular flexibility index (Phi) is 6.51. The summed E-state index contributed by atoms with van der Waals surface area (Å²) >= 11 is 0. The maximum absolute atomic E-state index is 5.63. The van der Waals surface area contributed by atoms with Gasteiger partial charge in [0.1, 0.15) is 0 Å². The van der Waals surface area contributed by atoms with Gasteiger partial charge < -0.3 is 16.2 Å². The molecule has 0 unspecified atom stereocenters. The smallest absolute Gasteiger partial charge is 0.0618 e. The molecule has 0 bridgehead atoms. The van der Waals surface area contributed by atoms with Crippen molar-refractivity contribution in [1.82, 2.24) is 0 Å². The van der Waals surface area contributed by atoms with Gasteiger partial charge in [-0.1, -0.05) is 13.8 Å². The summed E-state index contributed by atoms with van der Waals surface area (Å²) in [5.41, 5.74) is 11.3. The number of rotatable bonds is 6. The molecule has 0 aliphatic heterocycles. The van der Waals surface area contributed by atoms with Crippen LogP contribution >= 0.6 is 0 Å². The fraction of sp³-hybridized carbons (Fsp3) is 1.00. The minimum Gasteiger partial charge on any atom is -0.378 e. The van der Waals surface area contributed by atoms with Crippen LogP contribution in [0.25, 0.3) is 0 Å². The molecule has 68 valence electrons. The van der Waals surface area contributed by atoms with E-state index in [9.17, 15) is 0 Å². The largest absolute Gasteiger partial charge is 0.378 e. The van der Waals surface area contributed by atoms with E-state index in [1.54, 1.807) is 0 Å². The van der Waals surface area contributed by atoms with Gasteiger partial charge in [-0.05, 0) is 12.8 Å². The van der Waals surface area contributed by atoms with E-state index in [4.69, 9.17) is 16.2 Å². The third-order valence-electron chi connectivity index (χ3n) is 1.71. The summed E-state index contributed by atoms with van der Waals surface area (Å²) in [6.45, 7) is 5.36. The van der Waals surface area contributed by atoms with E-state index in [0.29, 0.717) is 13.2 Å². The summed E-state index contributed by atoms with van der Waals surface area (Å²) in [6, 6.07) is 0.332. The van der Waals surface area contributed by atoms with E-state index >= 15 is 0 Å². The van der Waals surface area contributed by atoms with E-state index < -0.39 is 0 Å². The van der Waals surface area contributed by atoms with Gasteiger partial charge in [-0.3, -0.25) is 0 Å². The zero-order chi connectivity index (χ0) is 8.69. The maximum Gasteiger partial charge on any atom is 0.0618 e. The highest BCUT2D eigenvalue weighted by atomic mass is 16.5. The SMILES string of the molecule is CC[C@@H](N)COC[C@H](N)CC. The van der Waals surface area contributed by atoms with Crippen LogP contribution in [0.1, 0.15) is 26.7 Å². The molecule has 0 amide bonds. The van der Waals surface area contributed by atoms with Gasteiger partial charge in [0.25, 0.3) is 0 Å². The number of nitrogens with two attached hydrogens (primary N) is 2. The lowest BCUT2D eigenvalue weighted by Crippen LogP contribution is -2.30. The van der Waals surface area contributed by atoms with E-state index in [1.165, 1.54) is 0 Å². The fourth-order valence-corrected chi connectivity index (χ4v) is 0.606. The first-order valence-electron chi connectivity index (χ1n) is 4.29. The van der Waals surface area contributed by atoms with Crippen molar-refractivity contribution in [2.75, 3.05) is 13.2 Å². The number of hydrogen-bond donors (Lipinski definition) is 2. The normalized spacial score (nSPS) is 16.4. The third-order valence-corrected chi connectivity index (χ3v) is 1.71. The van der Waals surface area contributed by atoms with Crippen LogP contribution in [0.2, 0.25) is 0 Å². The molecule has 0 aliphatic rings. The van der Waals surface area contributed by atoms with Crippen LogP contribution in [-0.4, -0.2) is 25.3 Å². The van der Waals surface area contributed by atoms with Gasteiger partial charge in [-0.2, -0.15) is 0 Å². The van der Waals surface area contributed by atoms with Crippen molar-refractivity contribution in [3.8, 4) is 0 Å². The van der Waals surface area contributed by atoms with Crippen LogP contribution in [0.4, 0.5) is 0 Å². The highest BCUT2D eigenvalue weighted by molar-refractivity contribution is 4.59. The van der Waals surface area contributed by atoms with Crippen LogP contribution in [0.5, 0.6) is 0 Å². The molecular formula is C8H20N2O. The van der Waals surface area contributed by atoms with Gasteiger partial charge in [0, 0.05) is 12.1 Å². The lowest BCUT2D eigenvalue weighted by atomic mass is 10.2. The Bertz CT molecular complexity index is 78.2. The van der Waals surface area contributed by atoms with Crippen LogP contribution in [0.15, 0.2) is 0 Å². The van der Waals surface area contributed by atoms with Crippen molar-refractivity contribution >= 4 is 0 Å². The molecule has 0 spiro atoms. The van der Waals surface area contributed by atoms with Crippen LogP contribution in [0, 0.1) is 0 Å². The lowest BCUT2D eigenvalue weighted by Gasteiger charge is -2.12. The van der Waals surface area contributed by atoms with Crippen LogP contribution in [0.3, 0.4) is 0 Å². The summed E-state index contributed by atoms with van der Waals surface area (Å²) in [6.07, 6.45) is 1.92. The minimum absolute atomic E-state index is 0.166. The second-order valence-electron chi connectivity index (χ2n) is 2.87. The summed E-state index contributed by atoms with van der Waals surface area (Å²) < 4.78 is 5.29. The highest BCUT2D eigenvalue weighted by Gasteiger charge is 2.01. The molecule has 0 aliphatic carbocycles. The van der Waals surface area contributed by atoms with Gasteiger partial charge >= 0.3 is 0 Å². The molecule has 0 saturated carbocycles. The lowest BCUT2D eigenvalue weighted by molar-refractivity contribution is 0.107. The van der Waals surface area contributed by atoms with E-state index in [0.717, 1.165) is 12.8 Å². The molecule has 0 rings (SSSR count). The molecule has 3 heteroatoms. The van der Waals surface area contributed by atoms with E-state index in [2.05, 4.69) is 0 Å². The fourth-order valence-electron chi connectivity index (χ4n) is 0.606. The van der Waals surface area contributed by atoms with Crippen LogP contribution in [-0.2, 0) is 4.74 Å². The van der Waals surface area contributed by atoms with Crippen molar-refractivity contribution in [2.24, 2.45) is 11.5 Å². The average molecular weight is 160 g/mol. The molecular weight excluding hydrogens is 140 g/mol. The molecule has 0 aromatic rings. The molecule has 4 N–H and O–H groups in total. The van der Waals surface area contributed by atoms with Crippen molar-refractivity contribution in [3.63, 3.8) is 0 Å². The standard InChI is InChI=1S/C8H20N2O/c1-3-7(9)5-11-6-8(10)4-2/h7-8H,3-6,9-10H2,1-2H3/t7-,8-/m1/s1. The Morgan fingerprint density at radius 1 is 1.00 bits per heavy atom. The Hall–Kier alpha value is -0.120. The van der Waals surface area contributed by atoms with Crippen LogP contribution < -0.4 is 11.5 Å². The highest BCUT2D eigenvalue weighted by Crippen LogP contribution is 1.91. The molecule has 3 nitrogen and oxygen atoms in total. The molecule has 11 heavy (non-hydrogen) atoms. The van der Waals surface area contributed by atoms with Crippen molar-refractivity contribution < 1.29 is 4.74 Å². The number of ether oxygens (including phenoxy) is 1. The van der Waals surface area contributed by atoms with E-state index in [-0.39, 0.29) is 12.1 Å². The minimum atomic E-state index is 0.166. The monoisotopic (exact) mass is 160 g/mol. The number of hydrogen-bond acceptors (Lipinski definition) is 3. The molecule has 0 aromatic heterocycles. The van der Waals surface area contributed by atoms with Gasteiger partial charge in [-0.25, -0.2) is 0 Å². The van der Waals surface area contributed by atoms with Gasteiger partial charge in [-0.15, -0.1) is 0 Å². The zero-order valence-electron chi connectivity index (χ0n) is 7.55. The first-order chi connectivity index (χ1) is 5.20. The third kappa shape index (κ3) is 6.28. The van der Waals surface area contributed by atoms with Crippen molar-refractivity contribution in [1.29, 1.82) is 0 Å². The van der Waals surface area contributed by atoms with E-state index in [1.807, 2.05) is 13.8 Å². The Morgan fingerprint density at radius 3 is 1.64 bits per heavy atom. The zero-order valence-corrected chi connectivity index (χ0v) is 7.55. The first-order valence-corrected chi connectivity index (χ1v) is 4.29. The molecule has 2 atom stereocenters. The summed E-state index contributed by atoms with van der Waals surface area (Å²) in [7, 11) is 0. The predicted molar refractivity (Wildman–Crippen MR) is 47.4 cm³/mol. The average Bonchev–Trinajstić information content (AvgIpc) is 2.04. The molecule has 0 radical (unpaired) electrons.